The molecular weight excluding hydrogens is 459 g/mol. The van der Waals surface area contributed by atoms with Crippen molar-refractivity contribution in [1.82, 2.24) is 9.97 Å². The summed E-state index contributed by atoms with van der Waals surface area (Å²) in [6.45, 7) is 0. The van der Waals surface area contributed by atoms with Gasteiger partial charge in [-0.2, -0.15) is 0 Å². The van der Waals surface area contributed by atoms with Gasteiger partial charge >= 0.3 is 0 Å². The van der Waals surface area contributed by atoms with E-state index in [9.17, 15) is 5.11 Å². The Bertz CT molecular complexity index is 1150. The minimum atomic E-state index is 0.0170. The highest BCUT2D eigenvalue weighted by atomic mass is 127. The summed E-state index contributed by atoms with van der Waals surface area (Å²) in [5.41, 5.74) is 6.19. The highest BCUT2D eigenvalue weighted by Crippen LogP contribution is 2.39. The molecule has 0 saturated heterocycles. The number of fused-ring (bicyclic) bond motifs is 1. The zero-order valence-corrected chi connectivity index (χ0v) is 17.3. The third-order valence-corrected chi connectivity index (χ3v) is 6.19. The summed E-state index contributed by atoms with van der Waals surface area (Å²) in [6, 6.07) is 20.9. The Morgan fingerprint density at radius 2 is 1.57 bits per heavy atom. The number of hydrogen-bond acceptors (Lipinski definition) is 3. The van der Waals surface area contributed by atoms with E-state index >= 15 is 0 Å². The molecule has 0 atom stereocenters. The van der Waals surface area contributed by atoms with Crippen LogP contribution < -0.4 is 0 Å². The molecule has 2 heterocycles. The molecule has 1 N–H and O–H groups in total. The second-order valence-electron chi connectivity index (χ2n) is 7.11. The summed E-state index contributed by atoms with van der Waals surface area (Å²) >= 11 is 2.22. The summed E-state index contributed by atoms with van der Waals surface area (Å²) in [4.78, 5) is 9.07. The molecule has 137 valence electrons. The molecule has 0 unspecified atom stereocenters. The van der Waals surface area contributed by atoms with Crippen LogP contribution in [0, 0.1) is 9.49 Å². The average molecular weight is 477 g/mol. The van der Waals surface area contributed by atoms with Gasteiger partial charge < -0.3 is 5.11 Å². The van der Waals surface area contributed by atoms with Crippen molar-refractivity contribution >= 4 is 33.5 Å². The second-order valence-corrected chi connectivity index (χ2v) is 8.27. The number of rotatable bonds is 3. The van der Waals surface area contributed by atoms with Gasteiger partial charge in [-0.1, -0.05) is 61.0 Å². The standard InChI is InChI=1S/C24H18IN2O/c25-21-14-26-24(28)20-13-19(17-5-2-1-3-6-17)22(27-23(20)21)18-11-9-16(10-12-18)15-7-4-8-15/h1-3,5-6,9-14H,4,7-8H2,(H,26,28). The van der Waals surface area contributed by atoms with E-state index in [0.717, 1.165) is 31.5 Å². The van der Waals surface area contributed by atoms with Crippen LogP contribution in [0.4, 0.5) is 0 Å². The number of aromatic nitrogens is 2. The van der Waals surface area contributed by atoms with Crippen LogP contribution in [-0.2, 0) is 0 Å². The van der Waals surface area contributed by atoms with E-state index in [0.29, 0.717) is 5.39 Å². The summed E-state index contributed by atoms with van der Waals surface area (Å²) in [5.74, 6) is 1.57. The zero-order chi connectivity index (χ0) is 19.1. The second kappa shape index (κ2) is 7.17. The van der Waals surface area contributed by atoms with Crippen LogP contribution in [0.15, 0.2) is 66.9 Å². The number of hydrogen-bond donors (Lipinski definition) is 1. The molecule has 0 bridgehead atoms. The molecule has 4 heteroatoms. The minimum Gasteiger partial charge on any atom is -0.493 e. The van der Waals surface area contributed by atoms with Crippen LogP contribution in [0.2, 0.25) is 0 Å². The third-order valence-electron chi connectivity index (χ3n) is 5.40. The molecule has 28 heavy (non-hydrogen) atoms. The SMILES string of the molecule is Oc1ncc(I)c2nc(-c3ccc([C]4CCC4)cc3)c(-c3ccccc3)cc12. The van der Waals surface area contributed by atoms with Crippen molar-refractivity contribution in [3.8, 4) is 28.3 Å². The van der Waals surface area contributed by atoms with Crippen LogP contribution in [0.3, 0.4) is 0 Å². The van der Waals surface area contributed by atoms with Crippen molar-refractivity contribution in [3.63, 3.8) is 0 Å². The van der Waals surface area contributed by atoms with E-state index in [1.165, 1.54) is 24.8 Å². The largest absolute Gasteiger partial charge is 0.493 e. The zero-order valence-electron chi connectivity index (χ0n) is 15.2. The maximum Gasteiger partial charge on any atom is 0.220 e. The van der Waals surface area contributed by atoms with Gasteiger partial charge in [0.15, 0.2) is 0 Å². The molecule has 0 amide bonds. The summed E-state index contributed by atoms with van der Waals surface area (Å²) in [6.07, 6.45) is 5.39. The fraction of sp³-hybridized carbons (Fsp3) is 0.125. The summed E-state index contributed by atoms with van der Waals surface area (Å²) < 4.78 is 0.924. The fourth-order valence-corrected chi connectivity index (χ4v) is 4.23. The van der Waals surface area contributed by atoms with Gasteiger partial charge in [-0.3, -0.25) is 0 Å². The Balaban J connectivity index is 1.72. The Labute approximate surface area is 177 Å². The van der Waals surface area contributed by atoms with Crippen LogP contribution in [0.5, 0.6) is 5.88 Å². The first-order valence-corrected chi connectivity index (χ1v) is 10.5. The van der Waals surface area contributed by atoms with Gasteiger partial charge in [-0.05, 0) is 52.6 Å². The number of benzene rings is 2. The number of pyridine rings is 2. The lowest BCUT2D eigenvalue weighted by Gasteiger charge is -2.25. The van der Waals surface area contributed by atoms with Gasteiger partial charge in [0.2, 0.25) is 5.88 Å². The molecule has 4 aromatic rings. The predicted molar refractivity (Wildman–Crippen MR) is 121 cm³/mol. The lowest BCUT2D eigenvalue weighted by molar-refractivity contribution is 0.460. The van der Waals surface area contributed by atoms with Gasteiger partial charge in [0.25, 0.3) is 0 Å². The lowest BCUT2D eigenvalue weighted by atomic mass is 9.80. The van der Waals surface area contributed by atoms with Gasteiger partial charge in [0.05, 0.1) is 20.2 Å². The number of halogens is 1. The van der Waals surface area contributed by atoms with Crippen molar-refractivity contribution in [1.29, 1.82) is 0 Å². The van der Waals surface area contributed by atoms with E-state index < -0.39 is 0 Å². The van der Waals surface area contributed by atoms with Crippen molar-refractivity contribution in [2.75, 3.05) is 0 Å². The molecule has 2 aromatic carbocycles. The molecule has 1 radical (unpaired) electrons. The normalized spacial score (nSPS) is 14.2. The van der Waals surface area contributed by atoms with Crippen LogP contribution in [0.25, 0.3) is 33.3 Å². The Morgan fingerprint density at radius 1 is 0.857 bits per heavy atom. The van der Waals surface area contributed by atoms with Crippen molar-refractivity contribution in [3.05, 3.63) is 81.9 Å². The van der Waals surface area contributed by atoms with Gasteiger partial charge in [-0.15, -0.1) is 0 Å². The number of nitrogens with zero attached hydrogens (tertiary/aromatic N) is 2. The molecule has 0 spiro atoms. The first-order valence-electron chi connectivity index (χ1n) is 9.40. The average Bonchev–Trinajstić information content (AvgIpc) is 2.70. The molecule has 5 rings (SSSR count). The molecule has 1 aliphatic carbocycles. The monoisotopic (exact) mass is 477 g/mol. The van der Waals surface area contributed by atoms with E-state index in [1.807, 2.05) is 24.3 Å². The smallest absolute Gasteiger partial charge is 0.220 e. The summed E-state index contributed by atoms with van der Waals surface area (Å²) in [7, 11) is 0. The fourth-order valence-electron chi connectivity index (χ4n) is 3.68. The van der Waals surface area contributed by atoms with Gasteiger partial charge in [0.1, 0.15) is 0 Å². The van der Waals surface area contributed by atoms with Crippen LogP contribution in [0.1, 0.15) is 24.8 Å². The topological polar surface area (TPSA) is 46.0 Å². The number of aromatic hydroxyl groups is 1. The quantitative estimate of drug-likeness (QED) is 0.349. The first-order chi connectivity index (χ1) is 13.7. The maximum atomic E-state index is 10.3. The lowest BCUT2D eigenvalue weighted by Crippen LogP contribution is -2.09. The molecule has 0 aliphatic heterocycles. The molecule has 1 saturated carbocycles. The van der Waals surface area contributed by atoms with Crippen LogP contribution >= 0.6 is 22.6 Å². The third kappa shape index (κ3) is 3.05. The highest BCUT2D eigenvalue weighted by molar-refractivity contribution is 14.1. The Kier molecular flexibility index (Phi) is 4.51. The Hall–Kier alpha value is -2.47. The molecule has 1 aliphatic rings. The van der Waals surface area contributed by atoms with E-state index in [-0.39, 0.29) is 5.88 Å². The highest BCUT2D eigenvalue weighted by Gasteiger charge is 2.21. The van der Waals surface area contributed by atoms with E-state index in [1.54, 1.807) is 12.1 Å². The van der Waals surface area contributed by atoms with Gasteiger partial charge in [-0.25, -0.2) is 9.97 Å². The minimum absolute atomic E-state index is 0.0170. The summed E-state index contributed by atoms with van der Waals surface area (Å²) in [5, 5.41) is 11.0. The Morgan fingerprint density at radius 3 is 2.25 bits per heavy atom. The van der Waals surface area contributed by atoms with Gasteiger partial charge in [0, 0.05) is 23.2 Å². The first kappa shape index (κ1) is 17.6. The maximum absolute atomic E-state index is 10.3. The van der Waals surface area contributed by atoms with Crippen molar-refractivity contribution in [2.45, 2.75) is 19.3 Å². The predicted octanol–water partition coefficient (Wildman–Crippen LogP) is 6.38. The molecular formula is C24H18IN2O. The van der Waals surface area contributed by atoms with Crippen molar-refractivity contribution in [2.24, 2.45) is 0 Å². The molecule has 2 aromatic heterocycles. The molecule has 3 nitrogen and oxygen atoms in total. The van der Waals surface area contributed by atoms with E-state index in [4.69, 9.17) is 4.98 Å². The van der Waals surface area contributed by atoms with Crippen molar-refractivity contribution < 1.29 is 5.11 Å². The van der Waals surface area contributed by atoms with E-state index in [2.05, 4.69) is 64.0 Å². The van der Waals surface area contributed by atoms with Crippen LogP contribution in [-0.4, -0.2) is 15.1 Å². The molecule has 1 fully saturated rings.